The highest BCUT2D eigenvalue weighted by Crippen LogP contribution is 2.15. The standard InChI is InChI=1S/C17H29FN2/c1-3-13-19-14-7-5-6-8-15-20(4-2)17-11-9-16(18)10-12-17/h9-12,19H,3-8,13-15H2,1-2H3. The Hall–Kier alpha value is -1.09. The van der Waals surface area contributed by atoms with E-state index in [0.29, 0.717) is 0 Å². The number of nitrogens with one attached hydrogen (secondary N) is 1. The van der Waals surface area contributed by atoms with Crippen LogP contribution in [0.4, 0.5) is 10.1 Å². The molecule has 0 bridgehead atoms. The predicted octanol–water partition coefficient (Wildman–Crippen LogP) is 4.21. The van der Waals surface area contributed by atoms with Gasteiger partial charge in [-0.3, -0.25) is 0 Å². The number of benzene rings is 1. The SMILES string of the molecule is CCCNCCCCCCN(CC)c1ccc(F)cc1. The summed E-state index contributed by atoms with van der Waals surface area (Å²) in [4.78, 5) is 2.31. The van der Waals surface area contributed by atoms with Gasteiger partial charge >= 0.3 is 0 Å². The van der Waals surface area contributed by atoms with Crippen LogP contribution in [0.1, 0.15) is 46.0 Å². The van der Waals surface area contributed by atoms with E-state index in [1.165, 1.54) is 44.2 Å². The van der Waals surface area contributed by atoms with Crippen LogP contribution in [0.3, 0.4) is 0 Å². The lowest BCUT2D eigenvalue weighted by atomic mass is 10.1. The highest BCUT2D eigenvalue weighted by Gasteiger charge is 2.03. The van der Waals surface area contributed by atoms with Gasteiger partial charge < -0.3 is 10.2 Å². The van der Waals surface area contributed by atoms with Crippen molar-refractivity contribution in [3.8, 4) is 0 Å². The average molecular weight is 280 g/mol. The van der Waals surface area contributed by atoms with Crippen LogP contribution in [0.15, 0.2) is 24.3 Å². The minimum atomic E-state index is -0.163. The number of nitrogens with zero attached hydrogens (tertiary/aromatic N) is 1. The molecule has 3 heteroatoms. The second-order valence-electron chi connectivity index (χ2n) is 5.22. The molecule has 2 nitrogen and oxygen atoms in total. The molecule has 0 heterocycles. The molecule has 114 valence electrons. The first kappa shape index (κ1) is 17.0. The Morgan fingerprint density at radius 3 is 2.30 bits per heavy atom. The monoisotopic (exact) mass is 280 g/mol. The summed E-state index contributed by atoms with van der Waals surface area (Å²) in [5.41, 5.74) is 1.12. The average Bonchev–Trinajstić information content (AvgIpc) is 2.47. The molecular weight excluding hydrogens is 251 g/mol. The predicted molar refractivity (Wildman–Crippen MR) is 85.9 cm³/mol. The van der Waals surface area contributed by atoms with Gasteiger partial charge in [0.2, 0.25) is 0 Å². The molecule has 1 aromatic carbocycles. The smallest absolute Gasteiger partial charge is 0.123 e. The van der Waals surface area contributed by atoms with Crippen LogP contribution in [-0.2, 0) is 0 Å². The van der Waals surface area contributed by atoms with E-state index in [-0.39, 0.29) is 5.82 Å². The zero-order valence-corrected chi connectivity index (χ0v) is 13.0. The second-order valence-corrected chi connectivity index (χ2v) is 5.22. The summed E-state index contributed by atoms with van der Waals surface area (Å²) in [6.07, 6.45) is 6.24. The molecule has 0 spiro atoms. The van der Waals surface area contributed by atoms with Gasteiger partial charge in [-0.1, -0.05) is 19.8 Å². The lowest BCUT2D eigenvalue weighted by Gasteiger charge is -2.23. The molecule has 0 saturated heterocycles. The first-order valence-corrected chi connectivity index (χ1v) is 7.99. The van der Waals surface area contributed by atoms with E-state index in [1.54, 1.807) is 0 Å². The molecule has 1 rings (SSSR count). The van der Waals surface area contributed by atoms with E-state index in [4.69, 9.17) is 0 Å². The topological polar surface area (TPSA) is 15.3 Å². The van der Waals surface area contributed by atoms with Gasteiger partial charge in [0.25, 0.3) is 0 Å². The summed E-state index contributed by atoms with van der Waals surface area (Å²) in [7, 11) is 0. The number of halogens is 1. The van der Waals surface area contributed by atoms with E-state index in [0.717, 1.165) is 31.9 Å². The minimum absolute atomic E-state index is 0.163. The van der Waals surface area contributed by atoms with Gasteiger partial charge in [0.05, 0.1) is 0 Å². The van der Waals surface area contributed by atoms with Crippen molar-refractivity contribution in [2.24, 2.45) is 0 Å². The molecular formula is C17H29FN2. The summed E-state index contributed by atoms with van der Waals surface area (Å²) >= 11 is 0. The van der Waals surface area contributed by atoms with E-state index in [1.807, 2.05) is 12.1 Å². The van der Waals surface area contributed by atoms with Crippen molar-refractivity contribution in [1.29, 1.82) is 0 Å². The number of hydrogen-bond donors (Lipinski definition) is 1. The highest BCUT2D eigenvalue weighted by molar-refractivity contribution is 5.45. The fraction of sp³-hybridized carbons (Fsp3) is 0.647. The van der Waals surface area contributed by atoms with Crippen LogP contribution >= 0.6 is 0 Å². The Bertz CT molecular complexity index is 337. The Kier molecular flexibility index (Phi) is 9.05. The lowest BCUT2D eigenvalue weighted by molar-refractivity contribution is 0.581. The number of anilines is 1. The fourth-order valence-corrected chi connectivity index (χ4v) is 2.33. The third-order valence-electron chi connectivity index (χ3n) is 3.53. The lowest BCUT2D eigenvalue weighted by Crippen LogP contribution is -2.23. The second kappa shape index (κ2) is 10.7. The molecule has 0 radical (unpaired) electrons. The van der Waals surface area contributed by atoms with Crippen LogP contribution in [0, 0.1) is 5.82 Å². The van der Waals surface area contributed by atoms with Crippen LogP contribution < -0.4 is 10.2 Å². The molecule has 0 aromatic heterocycles. The Labute approximate surface area is 123 Å². The molecule has 1 N–H and O–H groups in total. The Balaban J connectivity index is 2.14. The van der Waals surface area contributed by atoms with Gasteiger partial charge in [-0.05, 0) is 63.5 Å². The molecule has 0 aliphatic rings. The maximum Gasteiger partial charge on any atom is 0.123 e. The van der Waals surface area contributed by atoms with Crippen molar-refractivity contribution in [3.63, 3.8) is 0 Å². The molecule has 1 aromatic rings. The molecule has 0 saturated carbocycles. The molecule has 0 aliphatic heterocycles. The Morgan fingerprint density at radius 2 is 1.65 bits per heavy atom. The molecule has 0 atom stereocenters. The third-order valence-corrected chi connectivity index (χ3v) is 3.53. The third kappa shape index (κ3) is 6.90. The van der Waals surface area contributed by atoms with E-state index in [2.05, 4.69) is 24.1 Å². The quantitative estimate of drug-likeness (QED) is 0.611. The van der Waals surface area contributed by atoms with E-state index < -0.39 is 0 Å². The van der Waals surface area contributed by atoms with Gasteiger partial charge in [0.15, 0.2) is 0 Å². The van der Waals surface area contributed by atoms with Crippen molar-refractivity contribution < 1.29 is 4.39 Å². The molecule has 0 fully saturated rings. The summed E-state index contributed by atoms with van der Waals surface area (Å²) in [6.45, 7) is 8.66. The summed E-state index contributed by atoms with van der Waals surface area (Å²) in [5, 5.41) is 3.43. The first-order valence-electron chi connectivity index (χ1n) is 7.99. The number of hydrogen-bond acceptors (Lipinski definition) is 2. The summed E-state index contributed by atoms with van der Waals surface area (Å²) < 4.78 is 12.9. The van der Waals surface area contributed by atoms with Crippen LogP contribution in [0.25, 0.3) is 0 Å². The van der Waals surface area contributed by atoms with E-state index in [9.17, 15) is 4.39 Å². The van der Waals surface area contributed by atoms with Crippen molar-refractivity contribution >= 4 is 5.69 Å². The zero-order valence-electron chi connectivity index (χ0n) is 13.0. The number of unbranched alkanes of at least 4 members (excludes halogenated alkanes) is 3. The molecule has 0 aliphatic carbocycles. The van der Waals surface area contributed by atoms with Gasteiger partial charge in [0.1, 0.15) is 5.82 Å². The van der Waals surface area contributed by atoms with Crippen molar-refractivity contribution in [3.05, 3.63) is 30.1 Å². The summed E-state index contributed by atoms with van der Waals surface area (Å²) in [5.74, 6) is -0.163. The van der Waals surface area contributed by atoms with Crippen molar-refractivity contribution in [2.75, 3.05) is 31.1 Å². The van der Waals surface area contributed by atoms with Gasteiger partial charge in [-0.2, -0.15) is 0 Å². The molecule has 20 heavy (non-hydrogen) atoms. The van der Waals surface area contributed by atoms with Crippen molar-refractivity contribution in [1.82, 2.24) is 5.32 Å². The van der Waals surface area contributed by atoms with Gasteiger partial charge in [-0.15, -0.1) is 0 Å². The largest absolute Gasteiger partial charge is 0.372 e. The van der Waals surface area contributed by atoms with E-state index >= 15 is 0 Å². The van der Waals surface area contributed by atoms with Crippen molar-refractivity contribution in [2.45, 2.75) is 46.0 Å². The van der Waals surface area contributed by atoms with Crippen LogP contribution in [-0.4, -0.2) is 26.2 Å². The van der Waals surface area contributed by atoms with Gasteiger partial charge in [-0.25, -0.2) is 4.39 Å². The zero-order chi connectivity index (χ0) is 14.6. The maximum atomic E-state index is 12.9. The fourth-order valence-electron chi connectivity index (χ4n) is 2.33. The maximum absolute atomic E-state index is 12.9. The number of rotatable bonds is 11. The normalized spacial score (nSPS) is 10.8. The van der Waals surface area contributed by atoms with Gasteiger partial charge in [0, 0.05) is 18.8 Å². The Morgan fingerprint density at radius 1 is 0.950 bits per heavy atom. The van der Waals surface area contributed by atoms with Crippen LogP contribution in [0.5, 0.6) is 0 Å². The first-order chi connectivity index (χ1) is 9.77. The molecule has 0 unspecified atom stereocenters. The van der Waals surface area contributed by atoms with Crippen LogP contribution in [0.2, 0.25) is 0 Å². The molecule has 0 amide bonds. The highest BCUT2D eigenvalue weighted by atomic mass is 19.1. The minimum Gasteiger partial charge on any atom is -0.372 e. The summed E-state index contributed by atoms with van der Waals surface area (Å²) in [6, 6.07) is 6.82.